The number of hydrogen-bond donors (Lipinski definition) is 0. The van der Waals surface area contributed by atoms with Gasteiger partial charge in [-0.3, -0.25) is 24.0 Å². The highest BCUT2D eigenvalue weighted by Gasteiger charge is 2.35. The van der Waals surface area contributed by atoms with Crippen molar-refractivity contribution in [2.75, 3.05) is 13.9 Å². The van der Waals surface area contributed by atoms with E-state index in [0.29, 0.717) is 5.39 Å². The molecule has 0 aliphatic rings. The summed E-state index contributed by atoms with van der Waals surface area (Å²) in [6, 6.07) is 4.31. The summed E-state index contributed by atoms with van der Waals surface area (Å²) in [4.78, 5) is 84.3. The molecule has 0 saturated heterocycles. The van der Waals surface area contributed by atoms with Gasteiger partial charge in [0.15, 0.2) is 29.9 Å². The van der Waals surface area contributed by atoms with Gasteiger partial charge in [0.2, 0.25) is 10.9 Å². The fraction of sp³-hybridized carbons (Fsp3) is 0.409. The van der Waals surface area contributed by atoms with E-state index in [1.54, 1.807) is 47.6 Å². The lowest BCUT2D eigenvalue weighted by Crippen LogP contribution is -2.29. The summed E-state index contributed by atoms with van der Waals surface area (Å²) >= 11 is 0. The van der Waals surface area contributed by atoms with Crippen molar-refractivity contribution in [1.82, 2.24) is 0 Å². The van der Waals surface area contributed by atoms with Crippen molar-refractivity contribution >= 4 is 56.4 Å². The molecule has 5 rings (SSSR count). The minimum absolute atomic E-state index is 0.0265. The van der Waals surface area contributed by atoms with Crippen LogP contribution in [-0.4, -0.2) is 43.0 Å². The summed E-state index contributed by atoms with van der Waals surface area (Å²) < 4.78 is 34.8. The summed E-state index contributed by atoms with van der Waals surface area (Å²) in [5.74, 6) is -3.61. The van der Waals surface area contributed by atoms with Crippen LogP contribution in [0.3, 0.4) is 0 Å². The molecule has 2 heterocycles. The predicted molar refractivity (Wildman–Crippen MR) is 212 cm³/mol. The third-order valence-corrected chi connectivity index (χ3v) is 9.25. The van der Waals surface area contributed by atoms with E-state index in [2.05, 4.69) is 0 Å². The molecule has 3 aromatic carbocycles. The molecule has 0 unspecified atom stereocenters. The molecule has 56 heavy (non-hydrogen) atoms. The van der Waals surface area contributed by atoms with Gasteiger partial charge in [0.1, 0.15) is 34.2 Å². The molecular formula is C44H48O12. The Morgan fingerprint density at radius 2 is 1.43 bits per heavy atom. The molecule has 12 nitrogen and oxygen atoms in total. The Kier molecular flexibility index (Phi) is 10.7. The molecule has 0 atom stereocenters. The van der Waals surface area contributed by atoms with Crippen molar-refractivity contribution in [3.63, 3.8) is 0 Å². The van der Waals surface area contributed by atoms with Crippen LogP contribution in [0.4, 0.5) is 0 Å². The number of fused-ring (bicyclic) bond motifs is 3. The number of methoxy groups -OCH3 is 1. The molecule has 2 aromatic heterocycles. The second-order valence-corrected chi connectivity index (χ2v) is 17.0. The normalized spacial score (nSPS) is 12.3. The summed E-state index contributed by atoms with van der Waals surface area (Å²) in [7, 11) is 1.36. The number of ketones is 2. The molecule has 0 aliphatic carbocycles. The van der Waals surface area contributed by atoms with E-state index in [-0.39, 0.29) is 62.3 Å². The first-order valence-electron chi connectivity index (χ1n) is 18.1. The topological polar surface area (TPSA) is 166 Å². The average molecular weight is 769 g/mol. The summed E-state index contributed by atoms with van der Waals surface area (Å²) in [6.45, 7) is 21.6. The maximum absolute atomic E-state index is 15.0. The number of rotatable bonds is 8. The first-order valence-corrected chi connectivity index (χ1v) is 18.1. The number of hydrogen-bond acceptors (Lipinski definition) is 12. The van der Waals surface area contributed by atoms with Crippen molar-refractivity contribution in [2.24, 2.45) is 5.41 Å². The second-order valence-electron chi connectivity index (χ2n) is 17.0. The van der Waals surface area contributed by atoms with Gasteiger partial charge in [0.25, 0.3) is 0 Å². The van der Waals surface area contributed by atoms with Crippen LogP contribution < -0.4 is 20.3 Å². The van der Waals surface area contributed by atoms with Crippen molar-refractivity contribution < 1.29 is 47.0 Å². The highest BCUT2D eigenvalue weighted by Crippen LogP contribution is 2.42. The molecule has 12 heteroatoms. The van der Waals surface area contributed by atoms with E-state index >= 15 is 0 Å². The van der Waals surface area contributed by atoms with Crippen LogP contribution in [0.1, 0.15) is 124 Å². The molecule has 0 aliphatic heterocycles. The Morgan fingerprint density at radius 1 is 0.786 bits per heavy atom. The Balaban J connectivity index is 2.02. The van der Waals surface area contributed by atoms with Gasteiger partial charge in [0.05, 0.1) is 32.7 Å². The SMILES string of the molecule is COCOc1cc2occ(-c3c(C(C)=O)cc4c(=O)c5c(C(C)(C)C)c(C)c(C)cc5oc4c3C(C)=O)c(=O)c2c(C(=O)OC(C)(C)C)c1OC(=O)C(C)(C)C. The molecule has 0 saturated carbocycles. The molecule has 5 aromatic rings. The van der Waals surface area contributed by atoms with Gasteiger partial charge in [-0.05, 0) is 103 Å². The number of esters is 2. The Hall–Kier alpha value is -5.62. The zero-order valence-electron chi connectivity index (χ0n) is 34.4. The van der Waals surface area contributed by atoms with Crippen LogP contribution in [0.25, 0.3) is 44.0 Å². The van der Waals surface area contributed by atoms with Crippen molar-refractivity contribution in [2.45, 2.75) is 101 Å². The average Bonchev–Trinajstić information content (AvgIpc) is 3.05. The Morgan fingerprint density at radius 3 is 1.96 bits per heavy atom. The van der Waals surface area contributed by atoms with E-state index in [1.165, 1.54) is 33.1 Å². The van der Waals surface area contributed by atoms with Crippen molar-refractivity contribution in [1.29, 1.82) is 0 Å². The van der Waals surface area contributed by atoms with Gasteiger partial charge >= 0.3 is 11.9 Å². The zero-order valence-corrected chi connectivity index (χ0v) is 34.4. The first kappa shape index (κ1) is 41.5. The van der Waals surface area contributed by atoms with Crippen LogP contribution in [-0.2, 0) is 19.7 Å². The molecule has 0 spiro atoms. The van der Waals surface area contributed by atoms with Crippen LogP contribution in [0.15, 0.2) is 42.9 Å². The maximum Gasteiger partial charge on any atom is 0.343 e. The molecule has 0 radical (unpaired) electrons. The highest BCUT2D eigenvalue weighted by molar-refractivity contribution is 6.18. The molecular weight excluding hydrogens is 720 g/mol. The van der Waals surface area contributed by atoms with E-state index < -0.39 is 62.1 Å². The zero-order chi connectivity index (χ0) is 42.0. The van der Waals surface area contributed by atoms with Gasteiger partial charge in [-0.25, -0.2) is 4.79 Å². The summed E-state index contributed by atoms with van der Waals surface area (Å²) in [5.41, 5.74) is -2.83. The van der Waals surface area contributed by atoms with Crippen LogP contribution in [0, 0.1) is 19.3 Å². The predicted octanol–water partition coefficient (Wildman–Crippen LogP) is 8.93. The van der Waals surface area contributed by atoms with Gasteiger partial charge in [-0.2, -0.15) is 0 Å². The third kappa shape index (κ3) is 7.49. The number of Topliss-reactive ketones (excluding diaryl/α,β-unsaturated/α-hetero) is 2. The lowest BCUT2D eigenvalue weighted by molar-refractivity contribution is -0.143. The van der Waals surface area contributed by atoms with Gasteiger partial charge in [0, 0.05) is 24.3 Å². The van der Waals surface area contributed by atoms with Crippen LogP contribution in [0.2, 0.25) is 0 Å². The van der Waals surface area contributed by atoms with Crippen molar-refractivity contribution in [3.8, 4) is 22.6 Å². The van der Waals surface area contributed by atoms with Gasteiger partial charge < -0.3 is 27.8 Å². The Bertz CT molecular complexity index is 2620. The fourth-order valence-electron chi connectivity index (χ4n) is 6.72. The standard InChI is InChI=1S/C44H48O12/c1-20-15-28-33(35(21(20)2)42(5,6)7)36(47)25-16-24(22(3)45)31(30(23(4)46)38(25)54-28)26-18-52-27-17-29(53-19-51-14)39(55-41(50)43(8,9)10)34(32(27)37(26)48)40(49)56-44(11,12)13/h15-18H,19H2,1-14H3. The van der Waals surface area contributed by atoms with Crippen LogP contribution in [0.5, 0.6) is 11.5 Å². The number of carbonyl (C=O) groups excluding carboxylic acids is 4. The molecule has 0 amide bonds. The molecule has 296 valence electrons. The molecule has 0 N–H and O–H groups in total. The van der Waals surface area contributed by atoms with Gasteiger partial charge in [-0.15, -0.1) is 0 Å². The first-order chi connectivity index (χ1) is 25.8. The fourth-order valence-corrected chi connectivity index (χ4v) is 6.72. The lowest BCUT2D eigenvalue weighted by atomic mass is 9.80. The van der Waals surface area contributed by atoms with Crippen LogP contribution >= 0.6 is 0 Å². The Labute approximate surface area is 324 Å². The monoisotopic (exact) mass is 768 g/mol. The van der Waals surface area contributed by atoms with Crippen molar-refractivity contribution in [3.05, 3.63) is 78.3 Å². The maximum atomic E-state index is 15.0. The van der Waals surface area contributed by atoms with E-state index in [1.807, 2.05) is 34.6 Å². The second kappa shape index (κ2) is 14.5. The van der Waals surface area contributed by atoms with E-state index in [9.17, 15) is 28.8 Å². The minimum atomic E-state index is -1.08. The minimum Gasteiger partial charge on any atom is -0.463 e. The van der Waals surface area contributed by atoms with E-state index in [0.717, 1.165) is 23.0 Å². The number of aryl methyl sites for hydroxylation is 1. The largest absolute Gasteiger partial charge is 0.463 e. The smallest absolute Gasteiger partial charge is 0.343 e. The van der Waals surface area contributed by atoms with E-state index in [4.69, 9.17) is 27.8 Å². The number of ether oxygens (including phenoxy) is 4. The number of benzene rings is 3. The summed E-state index contributed by atoms with van der Waals surface area (Å²) in [6.07, 6.45) is 1.05. The summed E-state index contributed by atoms with van der Waals surface area (Å²) in [5, 5.41) is -0.0922. The number of carbonyl (C=O) groups is 4. The third-order valence-electron chi connectivity index (χ3n) is 9.25. The highest BCUT2D eigenvalue weighted by atomic mass is 16.7. The lowest BCUT2D eigenvalue weighted by Gasteiger charge is -2.25. The molecule has 0 fully saturated rings. The molecule has 0 bridgehead atoms. The quantitative estimate of drug-likeness (QED) is 0.0484. The van der Waals surface area contributed by atoms with Gasteiger partial charge in [-0.1, -0.05) is 20.8 Å².